The van der Waals surface area contributed by atoms with E-state index in [0.717, 1.165) is 11.5 Å². The molecule has 16 heavy (non-hydrogen) atoms. The second-order valence-electron chi connectivity index (χ2n) is 3.10. The first-order valence-electron chi connectivity index (χ1n) is 4.13. The predicted molar refractivity (Wildman–Crippen MR) is 56.0 cm³/mol. The Hall–Kier alpha value is -1.39. The zero-order valence-corrected chi connectivity index (χ0v) is 10.1. The summed E-state index contributed by atoms with van der Waals surface area (Å²) in [5.41, 5.74) is 0.668. The molecule has 0 unspecified atom stereocenters. The summed E-state index contributed by atoms with van der Waals surface area (Å²) in [4.78, 5) is 0.671. The molecule has 0 saturated carbocycles. The topological polar surface area (TPSA) is 117 Å². The van der Waals surface area contributed by atoms with Crippen molar-refractivity contribution in [2.45, 2.75) is 12.1 Å². The third-order valence-electron chi connectivity index (χ3n) is 1.94. The fraction of sp³-hybridized carbons (Fsp3) is 0.333. The smallest absolute Gasteiger partial charge is 0.273 e. The number of hydrogen-bond donors (Lipinski definition) is 1. The van der Waals surface area contributed by atoms with Gasteiger partial charge in [0.1, 0.15) is 4.88 Å². The molecule has 0 radical (unpaired) electrons. The van der Waals surface area contributed by atoms with Crippen LogP contribution in [0.4, 0.5) is 0 Å². The van der Waals surface area contributed by atoms with Gasteiger partial charge in [-0.05, 0) is 18.5 Å². The van der Waals surface area contributed by atoms with E-state index in [-0.39, 0.29) is 5.16 Å². The van der Waals surface area contributed by atoms with E-state index in [4.69, 9.17) is 5.14 Å². The van der Waals surface area contributed by atoms with Crippen LogP contribution in [0.3, 0.4) is 0 Å². The number of primary sulfonamides is 1. The molecule has 2 aromatic heterocycles. The summed E-state index contributed by atoms with van der Waals surface area (Å²) in [6, 6.07) is 0. The van der Waals surface area contributed by atoms with Crippen LogP contribution in [0.5, 0.6) is 0 Å². The third-order valence-corrected chi connectivity index (χ3v) is 3.63. The van der Waals surface area contributed by atoms with Crippen LogP contribution in [0.1, 0.15) is 5.69 Å². The number of hydrogen-bond acceptors (Lipinski definition) is 7. The molecule has 0 amide bonds. The number of sulfonamides is 1. The highest BCUT2D eigenvalue weighted by atomic mass is 32.2. The van der Waals surface area contributed by atoms with Crippen LogP contribution in [-0.2, 0) is 17.1 Å². The molecule has 86 valence electrons. The highest BCUT2D eigenvalue weighted by molar-refractivity contribution is 7.89. The van der Waals surface area contributed by atoms with Crippen molar-refractivity contribution in [1.29, 1.82) is 0 Å². The summed E-state index contributed by atoms with van der Waals surface area (Å²) in [5, 5.41) is 15.8. The van der Waals surface area contributed by atoms with E-state index in [9.17, 15) is 8.42 Å². The van der Waals surface area contributed by atoms with Gasteiger partial charge >= 0.3 is 0 Å². The number of aryl methyl sites for hydroxylation is 1. The Bertz CT molecular complexity index is 627. The Morgan fingerprint density at radius 1 is 1.31 bits per heavy atom. The molecule has 2 aromatic rings. The van der Waals surface area contributed by atoms with Crippen LogP contribution >= 0.6 is 11.5 Å². The lowest BCUT2D eigenvalue weighted by Gasteiger charge is -1.99. The standard InChI is InChI=1S/C6H8N6O2S2/c1-3-4(15-11-8-3)5-9-10-6(12(5)2)16(7,13)14/h1-2H3,(H2,7,13,14). The Morgan fingerprint density at radius 2 is 2.00 bits per heavy atom. The maximum atomic E-state index is 11.1. The van der Waals surface area contributed by atoms with E-state index in [0.29, 0.717) is 16.4 Å². The summed E-state index contributed by atoms with van der Waals surface area (Å²) < 4.78 is 27.3. The van der Waals surface area contributed by atoms with Gasteiger partial charge in [-0.25, -0.2) is 13.6 Å². The highest BCUT2D eigenvalue weighted by Gasteiger charge is 2.21. The van der Waals surface area contributed by atoms with E-state index in [1.165, 1.54) is 11.6 Å². The molecule has 0 aliphatic rings. The predicted octanol–water partition coefficient (Wildman–Crippen LogP) is -0.711. The Balaban J connectivity index is 2.63. The largest absolute Gasteiger partial charge is 0.299 e. The first kappa shape index (κ1) is 11.1. The molecule has 0 saturated heterocycles. The van der Waals surface area contributed by atoms with Crippen LogP contribution in [0, 0.1) is 6.92 Å². The maximum absolute atomic E-state index is 11.1. The lowest BCUT2D eigenvalue weighted by atomic mass is 10.4. The van der Waals surface area contributed by atoms with E-state index >= 15 is 0 Å². The van der Waals surface area contributed by atoms with Gasteiger partial charge in [0.2, 0.25) is 0 Å². The SMILES string of the molecule is Cc1nnsc1-c1nnc(S(N)(=O)=O)n1C. The number of rotatable bonds is 2. The quantitative estimate of drug-likeness (QED) is 0.762. The Kier molecular flexibility index (Phi) is 2.48. The van der Waals surface area contributed by atoms with Gasteiger partial charge in [0.15, 0.2) is 5.82 Å². The first-order chi connectivity index (χ1) is 7.41. The average molecular weight is 260 g/mol. The minimum absolute atomic E-state index is 0.282. The summed E-state index contributed by atoms with van der Waals surface area (Å²) in [6.45, 7) is 1.75. The van der Waals surface area contributed by atoms with Crippen molar-refractivity contribution in [3.05, 3.63) is 5.69 Å². The lowest BCUT2D eigenvalue weighted by molar-refractivity contribution is 0.580. The molecule has 8 nitrogen and oxygen atoms in total. The molecule has 0 spiro atoms. The van der Waals surface area contributed by atoms with Crippen LogP contribution in [0.2, 0.25) is 0 Å². The van der Waals surface area contributed by atoms with Crippen molar-refractivity contribution in [1.82, 2.24) is 24.4 Å². The van der Waals surface area contributed by atoms with Crippen molar-refractivity contribution in [2.24, 2.45) is 12.2 Å². The van der Waals surface area contributed by atoms with Gasteiger partial charge in [0, 0.05) is 7.05 Å². The van der Waals surface area contributed by atoms with Crippen LogP contribution < -0.4 is 5.14 Å². The van der Waals surface area contributed by atoms with Crippen LogP contribution in [0.25, 0.3) is 10.7 Å². The summed E-state index contributed by atoms with van der Waals surface area (Å²) >= 11 is 1.12. The van der Waals surface area contributed by atoms with E-state index in [2.05, 4.69) is 19.8 Å². The van der Waals surface area contributed by atoms with Gasteiger partial charge in [-0.3, -0.25) is 4.57 Å². The summed E-state index contributed by atoms with van der Waals surface area (Å²) in [5.74, 6) is 0.386. The first-order valence-corrected chi connectivity index (χ1v) is 6.44. The maximum Gasteiger partial charge on any atom is 0.273 e. The van der Waals surface area contributed by atoms with Gasteiger partial charge in [0.25, 0.3) is 15.2 Å². The zero-order valence-electron chi connectivity index (χ0n) is 8.45. The minimum atomic E-state index is -3.86. The molecular weight excluding hydrogens is 252 g/mol. The van der Waals surface area contributed by atoms with Crippen molar-refractivity contribution in [3.63, 3.8) is 0 Å². The fourth-order valence-corrected chi connectivity index (χ4v) is 2.50. The van der Waals surface area contributed by atoms with Gasteiger partial charge in [-0.15, -0.1) is 15.3 Å². The highest BCUT2D eigenvalue weighted by Crippen LogP contribution is 2.24. The number of nitrogens with zero attached hydrogens (tertiary/aromatic N) is 5. The van der Waals surface area contributed by atoms with Crippen molar-refractivity contribution in [2.75, 3.05) is 0 Å². The van der Waals surface area contributed by atoms with Crippen LogP contribution in [0.15, 0.2) is 5.16 Å². The van der Waals surface area contributed by atoms with E-state index in [1.807, 2.05) is 0 Å². The molecule has 0 aliphatic carbocycles. The monoisotopic (exact) mass is 260 g/mol. The number of aromatic nitrogens is 5. The molecule has 0 bridgehead atoms. The normalized spacial score (nSPS) is 11.9. The number of nitrogens with two attached hydrogens (primary N) is 1. The van der Waals surface area contributed by atoms with Gasteiger partial charge in [-0.1, -0.05) is 4.49 Å². The van der Waals surface area contributed by atoms with Crippen molar-refractivity contribution < 1.29 is 8.42 Å². The molecule has 2 N–H and O–H groups in total. The second-order valence-corrected chi connectivity index (χ2v) is 5.31. The Morgan fingerprint density at radius 3 is 2.44 bits per heavy atom. The molecule has 0 fully saturated rings. The third kappa shape index (κ3) is 1.70. The van der Waals surface area contributed by atoms with Gasteiger partial charge < -0.3 is 0 Å². The fourth-order valence-electron chi connectivity index (χ4n) is 1.20. The van der Waals surface area contributed by atoms with Crippen molar-refractivity contribution >= 4 is 21.6 Å². The summed E-state index contributed by atoms with van der Waals surface area (Å²) in [7, 11) is -2.34. The lowest BCUT2D eigenvalue weighted by Crippen LogP contribution is -2.17. The molecular formula is C6H8N6O2S2. The molecule has 0 aromatic carbocycles. The minimum Gasteiger partial charge on any atom is -0.299 e. The van der Waals surface area contributed by atoms with Gasteiger partial charge in [-0.2, -0.15) is 0 Å². The zero-order chi connectivity index (χ0) is 11.9. The molecule has 0 atom stereocenters. The van der Waals surface area contributed by atoms with Gasteiger partial charge in [0.05, 0.1) is 5.69 Å². The average Bonchev–Trinajstić information content (AvgIpc) is 2.70. The molecule has 2 heterocycles. The molecule has 2 rings (SSSR count). The van der Waals surface area contributed by atoms with E-state index < -0.39 is 10.0 Å². The van der Waals surface area contributed by atoms with E-state index in [1.54, 1.807) is 6.92 Å². The molecule has 10 heteroatoms. The van der Waals surface area contributed by atoms with Crippen LogP contribution in [-0.4, -0.2) is 32.8 Å². The second kappa shape index (κ2) is 3.57. The molecule has 0 aliphatic heterocycles. The summed E-state index contributed by atoms with van der Waals surface area (Å²) in [6.07, 6.45) is 0. The Labute approximate surface area is 95.3 Å². The van der Waals surface area contributed by atoms with Crippen molar-refractivity contribution in [3.8, 4) is 10.7 Å².